The molecule has 1 heterocycles. The maximum atomic E-state index is 12.5. The molecule has 1 aliphatic carbocycles. The van der Waals surface area contributed by atoms with Gasteiger partial charge in [0.1, 0.15) is 5.75 Å². The molecule has 0 unspecified atom stereocenters. The summed E-state index contributed by atoms with van der Waals surface area (Å²) in [5.74, 6) is -0.118. The Bertz CT molecular complexity index is 1150. The molecule has 1 fully saturated rings. The number of rotatable bonds is 5. The number of anilines is 1. The Labute approximate surface area is 185 Å². The van der Waals surface area contributed by atoms with E-state index in [0.717, 1.165) is 18.5 Å². The van der Waals surface area contributed by atoms with Gasteiger partial charge in [-0.15, -0.1) is 0 Å². The van der Waals surface area contributed by atoms with Gasteiger partial charge in [0.15, 0.2) is 0 Å². The van der Waals surface area contributed by atoms with E-state index in [1.807, 2.05) is 19.9 Å². The van der Waals surface area contributed by atoms with Crippen LogP contribution in [0.5, 0.6) is 5.75 Å². The lowest BCUT2D eigenvalue weighted by Gasteiger charge is -2.10. The molecule has 3 N–H and O–H groups in total. The van der Waals surface area contributed by atoms with Crippen LogP contribution in [0.25, 0.3) is 11.3 Å². The number of aromatic hydroxyl groups is 1. The van der Waals surface area contributed by atoms with E-state index < -0.39 is 0 Å². The van der Waals surface area contributed by atoms with E-state index in [0.29, 0.717) is 33.4 Å². The van der Waals surface area contributed by atoms with Crippen LogP contribution in [-0.4, -0.2) is 32.9 Å². The number of aromatic nitrogens is 2. The lowest BCUT2D eigenvalue weighted by Crippen LogP contribution is -2.35. The van der Waals surface area contributed by atoms with Gasteiger partial charge < -0.3 is 15.7 Å². The number of nitrogens with one attached hydrogen (secondary N) is 2. The summed E-state index contributed by atoms with van der Waals surface area (Å²) in [4.78, 5) is 25.0. The summed E-state index contributed by atoms with van der Waals surface area (Å²) in [6.45, 7) is 3.78. The normalized spacial score (nSPS) is 13.3. The molecule has 1 aliphatic rings. The fourth-order valence-electron chi connectivity index (χ4n) is 3.34. The van der Waals surface area contributed by atoms with Gasteiger partial charge in [-0.1, -0.05) is 23.7 Å². The Kier molecular flexibility index (Phi) is 5.69. The van der Waals surface area contributed by atoms with Crippen molar-refractivity contribution in [2.45, 2.75) is 38.6 Å². The number of carbonyl (C=O) groups excluding carboxylic acids is 2. The largest absolute Gasteiger partial charge is 0.507 e. The molecule has 0 spiro atoms. The van der Waals surface area contributed by atoms with Crippen molar-refractivity contribution >= 4 is 29.2 Å². The van der Waals surface area contributed by atoms with Crippen molar-refractivity contribution in [3.05, 3.63) is 64.8 Å². The molecule has 0 aliphatic heterocycles. The summed E-state index contributed by atoms with van der Waals surface area (Å²) < 4.78 is 1.39. The van der Waals surface area contributed by atoms with Crippen molar-refractivity contribution < 1.29 is 14.7 Å². The zero-order valence-corrected chi connectivity index (χ0v) is 18.0. The number of hydrogen-bond donors (Lipinski definition) is 3. The minimum atomic E-state index is -0.372. The van der Waals surface area contributed by atoms with Crippen LogP contribution >= 0.6 is 11.6 Å². The summed E-state index contributed by atoms with van der Waals surface area (Å²) in [6.07, 6.45) is 2.03. The summed E-state index contributed by atoms with van der Waals surface area (Å²) in [7, 11) is 0. The van der Waals surface area contributed by atoms with Crippen LogP contribution in [0, 0.1) is 0 Å². The molecule has 0 radical (unpaired) electrons. The van der Waals surface area contributed by atoms with Gasteiger partial charge >= 0.3 is 6.03 Å². The predicted molar refractivity (Wildman–Crippen MR) is 120 cm³/mol. The van der Waals surface area contributed by atoms with Crippen LogP contribution < -0.4 is 10.6 Å². The highest BCUT2D eigenvalue weighted by Gasteiger charge is 2.31. The molecule has 0 atom stereocenters. The Morgan fingerprint density at radius 1 is 1.16 bits per heavy atom. The number of carbonyl (C=O) groups is 2. The topological polar surface area (TPSA) is 96.3 Å². The second-order valence-electron chi connectivity index (χ2n) is 7.91. The smallest absolute Gasteiger partial charge is 0.342 e. The Balaban J connectivity index is 1.59. The standard InChI is InChI=1S/C23H23ClN4O3/c1-13(2)25-23(31)28-20(14-7-8-14)12-19(27-28)17-10-9-15(11-21(17)29)26-22(30)16-5-3-4-6-18(16)24/h3-6,9-14,29H,7-8H2,1-2H3,(H,25,31)(H,26,30). The van der Waals surface area contributed by atoms with Gasteiger partial charge in [0.05, 0.1) is 22.0 Å². The summed E-state index contributed by atoms with van der Waals surface area (Å²) >= 11 is 6.07. The van der Waals surface area contributed by atoms with Gasteiger partial charge in [-0.2, -0.15) is 9.78 Å². The Morgan fingerprint density at radius 3 is 2.55 bits per heavy atom. The maximum absolute atomic E-state index is 12.5. The minimum Gasteiger partial charge on any atom is -0.507 e. The first-order valence-corrected chi connectivity index (χ1v) is 10.5. The van der Waals surface area contributed by atoms with Crippen molar-refractivity contribution in [2.24, 2.45) is 0 Å². The third-order valence-corrected chi connectivity index (χ3v) is 5.32. The zero-order valence-electron chi connectivity index (χ0n) is 17.2. The van der Waals surface area contributed by atoms with E-state index in [1.54, 1.807) is 36.4 Å². The highest BCUT2D eigenvalue weighted by Crippen LogP contribution is 2.42. The number of amides is 2. The van der Waals surface area contributed by atoms with E-state index in [-0.39, 0.29) is 23.7 Å². The number of halogens is 1. The average molecular weight is 439 g/mol. The third-order valence-electron chi connectivity index (χ3n) is 4.99. The first-order chi connectivity index (χ1) is 14.8. The number of phenolic OH excluding ortho intramolecular Hbond substituents is 1. The molecule has 0 bridgehead atoms. The van der Waals surface area contributed by atoms with Crippen LogP contribution in [0.1, 0.15) is 48.7 Å². The first-order valence-electron chi connectivity index (χ1n) is 10.1. The fourth-order valence-corrected chi connectivity index (χ4v) is 3.56. The van der Waals surface area contributed by atoms with E-state index in [9.17, 15) is 14.7 Å². The van der Waals surface area contributed by atoms with Crippen molar-refractivity contribution in [1.82, 2.24) is 15.1 Å². The molecule has 31 heavy (non-hydrogen) atoms. The second-order valence-corrected chi connectivity index (χ2v) is 8.32. The molecule has 160 valence electrons. The van der Waals surface area contributed by atoms with Crippen molar-refractivity contribution in [3.63, 3.8) is 0 Å². The maximum Gasteiger partial charge on any atom is 0.342 e. The number of benzene rings is 2. The van der Waals surface area contributed by atoms with Crippen LogP contribution in [0.15, 0.2) is 48.5 Å². The van der Waals surface area contributed by atoms with E-state index in [4.69, 9.17) is 11.6 Å². The SMILES string of the molecule is CC(C)NC(=O)n1nc(-c2ccc(NC(=O)c3ccccc3Cl)cc2O)cc1C1CC1. The van der Waals surface area contributed by atoms with Crippen molar-refractivity contribution in [3.8, 4) is 17.0 Å². The number of phenols is 1. The van der Waals surface area contributed by atoms with Gasteiger partial charge in [0, 0.05) is 29.3 Å². The van der Waals surface area contributed by atoms with E-state index >= 15 is 0 Å². The van der Waals surface area contributed by atoms with Crippen molar-refractivity contribution in [1.29, 1.82) is 0 Å². The summed E-state index contributed by atoms with van der Waals surface area (Å²) in [6, 6.07) is 13.1. The molecular formula is C23H23ClN4O3. The predicted octanol–water partition coefficient (Wildman–Crippen LogP) is 5.00. The van der Waals surface area contributed by atoms with Gasteiger partial charge in [0.2, 0.25) is 0 Å². The van der Waals surface area contributed by atoms with Gasteiger partial charge in [-0.05, 0) is 57.0 Å². The Morgan fingerprint density at radius 2 is 1.90 bits per heavy atom. The molecule has 3 aromatic rings. The summed E-state index contributed by atoms with van der Waals surface area (Å²) in [5, 5.41) is 21.0. The Hall–Kier alpha value is -3.32. The zero-order chi connectivity index (χ0) is 22.1. The first kappa shape index (κ1) is 20.9. The molecule has 8 heteroatoms. The fraction of sp³-hybridized carbons (Fsp3) is 0.261. The number of nitrogens with zero attached hydrogens (tertiary/aromatic N) is 2. The molecule has 7 nitrogen and oxygen atoms in total. The monoisotopic (exact) mass is 438 g/mol. The second kappa shape index (κ2) is 8.43. The highest BCUT2D eigenvalue weighted by atomic mass is 35.5. The molecule has 4 rings (SSSR count). The highest BCUT2D eigenvalue weighted by molar-refractivity contribution is 6.34. The van der Waals surface area contributed by atoms with Gasteiger partial charge in [-0.3, -0.25) is 4.79 Å². The molecule has 2 amide bonds. The average Bonchev–Trinajstić information content (AvgIpc) is 3.46. The molecule has 2 aromatic carbocycles. The van der Waals surface area contributed by atoms with Crippen LogP contribution in [-0.2, 0) is 0 Å². The summed E-state index contributed by atoms with van der Waals surface area (Å²) in [5.41, 5.74) is 2.59. The van der Waals surface area contributed by atoms with Crippen LogP contribution in [0.4, 0.5) is 10.5 Å². The molecule has 1 saturated carbocycles. The van der Waals surface area contributed by atoms with Crippen molar-refractivity contribution in [2.75, 3.05) is 5.32 Å². The lowest BCUT2D eigenvalue weighted by atomic mass is 10.1. The minimum absolute atomic E-state index is 0.0124. The molecular weight excluding hydrogens is 416 g/mol. The molecule has 1 aromatic heterocycles. The lowest BCUT2D eigenvalue weighted by molar-refractivity contribution is 0.102. The van der Waals surface area contributed by atoms with E-state index in [1.165, 1.54) is 10.7 Å². The van der Waals surface area contributed by atoms with Gasteiger partial charge in [-0.25, -0.2) is 4.79 Å². The third kappa shape index (κ3) is 4.56. The molecule has 0 saturated heterocycles. The number of hydrogen-bond acceptors (Lipinski definition) is 4. The van der Waals surface area contributed by atoms with Crippen LogP contribution in [0.3, 0.4) is 0 Å². The quantitative estimate of drug-likeness (QED) is 0.522. The van der Waals surface area contributed by atoms with Gasteiger partial charge in [0.25, 0.3) is 5.91 Å². The van der Waals surface area contributed by atoms with E-state index in [2.05, 4.69) is 15.7 Å². The van der Waals surface area contributed by atoms with Crippen LogP contribution in [0.2, 0.25) is 5.02 Å².